The third-order valence-corrected chi connectivity index (χ3v) is 0.774. The summed E-state index contributed by atoms with van der Waals surface area (Å²) in [6.07, 6.45) is 10.3. The normalized spacial score (nSPS) is 10.3. The van der Waals surface area contributed by atoms with E-state index in [0.717, 1.165) is 6.42 Å². The van der Waals surface area contributed by atoms with Crippen LogP contribution in [-0.4, -0.2) is 5.87 Å². The van der Waals surface area contributed by atoms with Gasteiger partial charge in [0.25, 0.3) is 0 Å². The summed E-state index contributed by atoms with van der Waals surface area (Å²) in [4.78, 5) is 0. The number of allylic oxidation sites excluding steroid dienone is 5. The Balaban J connectivity index is 3.46. The molecule has 1 heteroatoms. The third kappa shape index (κ3) is 6.93. The van der Waals surface area contributed by atoms with Crippen molar-refractivity contribution >= 4 is 5.87 Å². The van der Waals surface area contributed by atoms with Crippen LogP contribution in [0.2, 0.25) is 0 Å². The van der Waals surface area contributed by atoms with Gasteiger partial charge in [0.2, 0.25) is 0 Å². The fourth-order valence-electron chi connectivity index (χ4n) is 0.382. The lowest BCUT2D eigenvalue weighted by molar-refractivity contribution is 1.22. The highest BCUT2D eigenvalue weighted by Gasteiger charge is 1.60. The summed E-state index contributed by atoms with van der Waals surface area (Å²) in [5.74, 6) is 2.15. The van der Waals surface area contributed by atoms with Crippen molar-refractivity contribution in [1.82, 2.24) is 0 Å². The first kappa shape index (κ1) is 7.93. The molecule has 9 heavy (non-hydrogen) atoms. The minimum atomic E-state index is 1.05. The first-order valence-corrected chi connectivity index (χ1v) is 2.99. The van der Waals surface area contributed by atoms with Gasteiger partial charge >= 0.3 is 0 Å². The molecule has 0 unspecified atom stereocenters. The maximum Gasteiger partial charge on any atom is -0.00102 e. The van der Waals surface area contributed by atoms with Gasteiger partial charge in [0.05, 0.1) is 0 Å². The van der Waals surface area contributed by atoms with Gasteiger partial charge in [-0.25, -0.2) is 0 Å². The summed E-state index contributed by atoms with van der Waals surface area (Å²) in [6.45, 7) is 2.08. The molecule has 0 radical (unpaired) electrons. The van der Waals surface area contributed by atoms with Gasteiger partial charge in [0, 0.05) is 0 Å². The maximum absolute atomic E-state index is 6.50. The summed E-state index contributed by atoms with van der Waals surface area (Å²) in [5, 5.41) is 6.50. The summed E-state index contributed by atoms with van der Waals surface area (Å²) >= 11 is 0. The molecular weight excluding hydrogens is 110 g/mol. The van der Waals surface area contributed by atoms with Crippen LogP contribution >= 0.6 is 0 Å². The van der Waals surface area contributed by atoms with Crippen LogP contribution in [0.4, 0.5) is 0 Å². The van der Waals surface area contributed by atoms with Gasteiger partial charge in [-0.2, -0.15) is 0 Å². The number of rotatable bonds is 3. The van der Waals surface area contributed by atoms with Gasteiger partial charge < -0.3 is 0 Å². The number of hydrogen-bond donors (Lipinski definition) is 1. The van der Waals surface area contributed by atoms with Crippen LogP contribution in [0, 0.1) is 5.41 Å². The molecule has 0 aliphatic carbocycles. The molecule has 0 aliphatic heterocycles. The van der Waals surface area contributed by atoms with Crippen molar-refractivity contribution in [3.63, 3.8) is 0 Å². The first-order chi connectivity index (χ1) is 4.41. The Kier molecular flexibility index (Phi) is 6.11. The van der Waals surface area contributed by atoms with Crippen LogP contribution in [0.3, 0.4) is 0 Å². The minimum Gasteiger partial charge on any atom is -0.259 e. The first-order valence-electron chi connectivity index (χ1n) is 2.99. The van der Waals surface area contributed by atoms with E-state index in [4.69, 9.17) is 5.41 Å². The zero-order chi connectivity index (χ0) is 6.95. The Hall–Kier alpha value is -1.07. The molecule has 0 bridgehead atoms. The topological polar surface area (TPSA) is 23.9 Å². The van der Waals surface area contributed by atoms with Gasteiger partial charge in [-0.1, -0.05) is 31.2 Å². The molecule has 0 saturated heterocycles. The average molecular weight is 121 g/mol. The second-order valence-electron chi connectivity index (χ2n) is 1.53. The highest BCUT2D eigenvalue weighted by molar-refractivity contribution is 5.50. The van der Waals surface area contributed by atoms with Crippen molar-refractivity contribution in [2.75, 3.05) is 0 Å². The highest BCUT2D eigenvalue weighted by Crippen LogP contribution is 1.80. The van der Waals surface area contributed by atoms with Crippen molar-refractivity contribution in [1.29, 1.82) is 5.41 Å². The number of hydrogen-bond acceptors (Lipinski definition) is 1. The average Bonchev–Trinajstić information content (AvgIpc) is 1.89. The van der Waals surface area contributed by atoms with E-state index in [2.05, 4.69) is 12.8 Å². The monoisotopic (exact) mass is 121 g/mol. The van der Waals surface area contributed by atoms with Gasteiger partial charge in [-0.15, -0.1) is 0 Å². The van der Waals surface area contributed by atoms with Crippen molar-refractivity contribution in [3.8, 4) is 0 Å². The molecule has 0 aromatic rings. The Bertz CT molecular complexity index is 148. The maximum atomic E-state index is 6.50. The third-order valence-electron chi connectivity index (χ3n) is 0.774. The van der Waals surface area contributed by atoms with Crippen LogP contribution in [0.15, 0.2) is 30.4 Å². The van der Waals surface area contributed by atoms with Crippen LogP contribution in [0.1, 0.15) is 13.3 Å². The largest absolute Gasteiger partial charge is 0.259 e. The van der Waals surface area contributed by atoms with Crippen molar-refractivity contribution < 1.29 is 0 Å². The van der Waals surface area contributed by atoms with E-state index in [0.29, 0.717) is 0 Å². The van der Waals surface area contributed by atoms with Crippen LogP contribution < -0.4 is 0 Å². The molecule has 0 amide bonds. The lowest BCUT2D eigenvalue weighted by Crippen LogP contribution is -1.51. The Morgan fingerprint density at radius 2 is 2.11 bits per heavy atom. The van der Waals surface area contributed by atoms with Crippen LogP contribution in [0.25, 0.3) is 0 Å². The van der Waals surface area contributed by atoms with Crippen molar-refractivity contribution in [2.24, 2.45) is 0 Å². The van der Waals surface area contributed by atoms with Gasteiger partial charge in [-0.3, -0.25) is 5.41 Å². The molecule has 0 saturated carbocycles. The van der Waals surface area contributed by atoms with Gasteiger partial charge in [0.1, 0.15) is 0 Å². The standard InChI is InChI=1S/C8H11N/c1-2-3-4-5-6-7-8-9/h3-7,9H,2H2,1H3/b4-3+,6-5+. The molecule has 1 N–H and O–H groups in total. The summed E-state index contributed by atoms with van der Waals surface area (Å²) < 4.78 is 0. The molecule has 0 heterocycles. The fraction of sp³-hybridized carbons (Fsp3) is 0.250. The Morgan fingerprint density at radius 3 is 2.67 bits per heavy atom. The van der Waals surface area contributed by atoms with E-state index in [-0.39, 0.29) is 0 Å². The summed E-state index contributed by atoms with van der Waals surface area (Å²) in [7, 11) is 0. The van der Waals surface area contributed by atoms with Crippen LogP contribution in [-0.2, 0) is 0 Å². The highest BCUT2D eigenvalue weighted by atomic mass is 14.3. The lowest BCUT2D eigenvalue weighted by atomic mass is 10.4. The molecule has 48 valence electrons. The second kappa shape index (κ2) is 6.93. The van der Waals surface area contributed by atoms with E-state index in [1.165, 1.54) is 0 Å². The van der Waals surface area contributed by atoms with E-state index in [9.17, 15) is 0 Å². The molecule has 0 rings (SSSR count). The van der Waals surface area contributed by atoms with Gasteiger partial charge in [-0.05, 0) is 18.4 Å². The molecule has 0 aliphatic rings. The fourth-order valence-corrected chi connectivity index (χ4v) is 0.382. The SMILES string of the molecule is CC/C=C/C=C/C=C=N. The van der Waals surface area contributed by atoms with E-state index >= 15 is 0 Å². The molecule has 0 aromatic carbocycles. The van der Waals surface area contributed by atoms with Crippen LogP contribution in [0.5, 0.6) is 0 Å². The predicted molar refractivity (Wildman–Crippen MR) is 40.9 cm³/mol. The van der Waals surface area contributed by atoms with E-state index < -0.39 is 0 Å². The van der Waals surface area contributed by atoms with E-state index in [1.807, 2.05) is 18.2 Å². The smallest absolute Gasteiger partial charge is 0.00102 e. The molecule has 0 spiro atoms. The predicted octanol–water partition coefficient (Wildman–Crippen LogP) is 2.31. The zero-order valence-electron chi connectivity index (χ0n) is 5.59. The van der Waals surface area contributed by atoms with Gasteiger partial charge in [0.15, 0.2) is 0 Å². The quantitative estimate of drug-likeness (QED) is 0.437. The van der Waals surface area contributed by atoms with Crippen molar-refractivity contribution in [2.45, 2.75) is 13.3 Å². The van der Waals surface area contributed by atoms with Crippen molar-refractivity contribution in [3.05, 3.63) is 30.4 Å². The lowest BCUT2D eigenvalue weighted by Gasteiger charge is -1.71. The minimum absolute atomic E-state index is 1.05. The number of nitrogens with one attached hydrogen (secondary N) is 1. The molecular formula is C8H11N. The Labute approximate surface area is 55.9 Å². The molecule has 0 fully saturated rings. The van der Waals surface area contributed by atoms with E-state index in [1.54, 1.807) is 12.2 Å². The Morgan fingerprint density at radius 1 is 1.33 bits per heavy atom. The molecule has 0 aromatic heterocycles. The molecule has 1 nitrogen and oxygen atoms in total. The second-order valence-corrected chi connectivity index (χ2v) is 1.53. The summed E-state index contributed by atoms with van der Waals surface area (Å²) in [5.41, 5.74) is 0. The zero-order valence-corrected chi connectivity index (χ0v) is 5.59. The summed E-state index contributed by atoms with van der Waals surface area (Å²) in [6, 6.07) is 0. The molecule has 0 atom stereocenters.